The number of carbonyl (C=O) groups excluding carboxylic acids is 1. The number of pyridine rings is 1. The summed E-state index contributed by atoms with van der Waals surface area (Å²) in [6, 6.07) is 16.7. The van der Waals surface area contributed by atoms with Crippen LogP contribution < -0.4 is 15.4 Å². The lowest BCUT2D eigenvalue weighted by molar-refractivity contribution is 0.102. The zero-order chi connectivity index (χ0) is 17.9. The van der Waals surface area contributed by atoms with E-state index in [-0.39, 0.29) is 12.1 Å². The van der Waals surface area contributed by atoms with Gasteiger partial charge in [0.1, 0.15) is 5.75 Å². The Hall–Kier alpha value is -3.05. The smallest absolute Gasteiger partial charge is 0.257 e. The van der Waals surface area contributed by atoms with E-state index in [2.05, 4.69) is 15.6 Å². The molecule has 5 nitrogen and oxygen atoms in total. The zero-order valence-corrected chi connectivity index (χ0v) is 14.5. The standard InChI is InChI=1S/C20H16ClN3O2/c21-15-5-3-13(4-6-15)10-19-24-17-11-16(7-8-18(17)26-19)23-20(25)14-2-1-9-22-12-14/h1-9,11-12,19,24H,10H2,(H,23,25)/t19-/m0/s1. The van der Waals surface area contributed by atoms with Crippen molar-refractivity contribution in [3.05, 3.63) is 83.1 Å². The van der Waals surface area contributed by atoms with Gasteiger partial charge in [-0.05, 0) is 48.0 Å². The molecule has 0 fully saturated rings. The number of rotatable bonds is 4. The number of ether oxygens (including phenoxy) is 1. The summed E-state index contributed by atoms with van der Waals surface area (Å²) >= 11 is 5.92. The Balaban J connectivity index is 1.43. The number of hydrogen-bond donors (Lipinski definition) is 2. The molecule has 4 rings (SSSR count). The largest absolute Gasteiger partial charge is 0.468 e. The fourth-order valence-electron chi connectivity index (χ4n) is 2.81. The van der Waals surface area contributed by atoms with Gasteiger partial charge in [-0.25, -0.2) is 0 Å². The van der Waals surface area contributed by atoms with Gasteiger partial charge in [0.25, 0.3) is 5.91 Å². The number of carbonyl (C=O) groups is 1. The van der Waals surface area contributed by atoms with Crippen molar-refractivity contribution in [1.29, 1.82) is 0 Å². The van der Waals surface area contributed by atoms with Gasteiger partial charge in [0.05, 0.1) is 11.3 Å². The predicted molar refractivity (Wildman–Crippen MR) is 102 cm³/mol. The van der Waals surface area contributed by atoms with Gasteiger partial charge in [-0.15, -0.1) is 0 Å². The van der Waals surface area contributed by atoms with Gasteiger partial charge < -0.3 is 15.4 Å². The zero-order valence-electron chi connectivity index (χ0n) is 13.8. The van der Waals surface area contributed by atoms with E-state index in [0.29, 0.717) is 22.7 Å². The fourth-order valence-corrected chi connectivity index (χ4v) is 2.93. The SMILES string of the molecule is O=C(Nc1ccc2c(c1)N[C@H](Cc1ccc(Cl)cc1)O2)c1cccnc1. The quantitative estimate of drug-likeness (QED) is 0.721. The van der Waals surface area contributed by atoms with Crippen molar-refractivity contribution in [2.24, 2.45) is 0 Å². The second-order valence-corrected chi connectivity index (χ2v) is 6.42. The molecular weight excluding hydrogens is 350 g/mol. The highest BCUT2D eigenvalue weighted by Crippen LogP contribution is 2.35. The molecule has 0 saturated carbocycles. The Labute approximate surface area is 156 Å². The molecule has 1 atom stereocenters. The minimum atomic E-state index is -0.199. The van der Waals surface area contributed by atoms with Gasteiger partial charge in [-0.2, -0.15) is 0 Å². The third-order valence-corrected chi connectivity index (χ3v) is 4.33. The van der Waals surface area contributed by atoms with Crippen molar-refractivity contribution in [2.75, 3.05) is 10.6 Å². The van der Waals surface area contributed by atoms with Crippen molar-refractivity contribution in [3.63, 3.8) is 0 Å². The number of halogens is 1. The summed E-state index contributed by atoms with van der Waals surface area (Å²) in [6.45, 7) is 0. The Bertz CT molecular complexity index is 930. The highest BCUT2D eigenvalue weighted by Gasteiger charge is 2.22. The molecule has 6 heteroatoms. The molecule has 26 heavy (non-hydrogen) atoms. The molecule has 0 saturated heterocycles. The summed E-state index contributed by atoms with van der Waals surface area (Å²) in [5.74, 6) is 0.568. The summed E-state index contributed by atoms with van der Waals surface area (Å²) in [6.07, 6.45) is 3.72. The van der Waals surface area contributed by atoms with Crippen molar-refractivity contribution < 1.29 is 9.53 Å². The highest BCUT2D eigenvalue weighted by molar-refractivity contribution is 6.30. The molecular formula is C20H16ClN3O2. The lowest BCUT2D eigenvalue weighted by Gasteiger charge is -2.11. The van der Waals surface area contributed by atoms with Crippen LogP contribution in [0, 0.1) is 0 Å². The average Bonchev–Trinajstić information content (AvgIpc) is 3.06. The molecule has 1 aliphatic heterocycles. The summed E-state index contributed by atoms with van der Waals surface area (Å²) in [4.78, 5) is 16.2. The van der Waals surface area contributed by atoms with Crippen LogP contribution in [0.3, 0.4) is 0 Å². The Morgan fingerprint density at radius 2 is 2.04 bits per heavy atom. The van der Waals surface area contributed by atoms with Crippen LogP contribution in [0.1, 0.15) is 15.9 Å². The first-order chi connectivity index (χ1) is 12.7. The number of hydrogen-bond acceptors (Lipinski definition) is 4. The number of aromatic nitrogens is 1. The number of fused-ring (bicyclic) bond motifs is 1. The first-order valence-electron chi connectivity index (χ1n) is 8.20. The molecule has 2 aromatic carbocycles. The van der Waals surface area contributed by atoms with Gasteiger partial charge >= 0.3 is 0 Å². The van der Waals surface area contributed by atoms with Gasteiger partial charge in [0.15, 0.2) is 6.23 Å². The van der Waals surface area contributed by atoms with Crippen molar-refractivity contribution in [2.45, 2.75) is 12.6 Å². The maximum absolute atomic E-state index is 12.2. The molecule has 0 radical (unpaired) electrons. The number of benzene rings is 2. The van der Waals surface area contributed by atoms with Crippen molar-refractivity contribution >= 4 is 28.9 Å². The molecule has 0 unspecified atom stereocenters. The third-order valence-electron chi connectivity index (χ3n) is 4.08. The molecule has 3 aromatic rings. The number of nitrogens with one attached hydrogen (secondary N) is 2. The molecule has 2 heterocycles. The molecule has 0 spiro atoms. The lowest BCUT2D eigenvalue weighted by atomic mass is 10.1. The van der Waals surface area contributed by atoms with E-state index >= 15 is 0 Å². The van der Waals surface area contributed by atoms with Gasteiger partial charge in [-0.3, -0.25) is 9.78 Å². The van der Waals surface area contributed by atoms with Crippen LogP contribution in [0.5, 0.6) is 5.75 Å². The number of nitrogens with zero attached hydrogens (tertiary/aromatic N) is 1. The summed E-state index contributed by atoms with van der Waals surface area (Å²) in [5, 5.41) is 6.92. The van der Waals surface area contributed by atoms with Crippen molar-refractivity contribution in [1.82, 2.24) is 4.98 Å². The Kier molecular flexibility index (Phi) is 4.46. The molecule has 130 valence electrons. The first-order valence-corrected chi connectivity index (χ1v) is 8.58. The minimum Gasteiger partial charge on any atom is -0.468 e. The van der Waals surface area contributed by atoms with E-state index < -0.39 is 0 Å². The van der Waals surface area contributed by atoms with E-state index in [4.69, 9.17) is 16.3 Å². The average molecular weight is 366 g/mol. The second-order valence-electron chi connectivity index (χ2n) is 5.99. The molecule has 1 aromatic heterocycles. The van der Waals surface area contributed by atoms with Crippen LogP contribution >= 0.6 is 11.6 Å². The third kappa shape index (κ3) is 3.63. The predicted octanol–water partition coefficient (Wildman–Crippen LogP) is 4.36. The first kappa shape index (κ1) is 16.4. The van der Waals surface area contributed by atoms with Crippen LogP contribution in [0.25, 0.3) is 0 Å². The van der Waals surface area contributed by atoms with Crippen LogP contribution in [0.2, 0.25) is 5.02 Å². The van der Waals surface area contributed by atoms with E-state index in [0.717, 1.165) is 17.0 Å². The van der Waals surface area contributed by atoms with Crippen LogP contribution in [0.4, 0.5) is 11.4 Å². The summed E-state index contributed by atoms with van der Waals surface area (Å²) in [5.41, 5.74) is 3.19. The van der Waals surface area contributed by atoms with E-state index in [1.54, 1.807) is 18.3 Å². The van der Waals surface area contributed by atoms with Crippen molar-refractivity contribution in [3.8, 4) is 5.75 Å². The molecule has 0 bridgehead atoms. The molecule has 0 aliphatic carbocycles. The molecule has 2 N–H and O–H groups in total. The number of anilines is 2. The normalized spacial score (nSPS) is 14.9. The topological polar surface area (TPSA) is 63.2 Å². The van der Waals surface area contributed by atoms with Gasteiger partial charge in [0.2, 0.25) is 0 Å². The van der Waals surface area contributed by atoms with E-state index in [9.17, 15) is 4.79 Å². The Morgan fingerprint density at radius 3 is 2.81 bits per heavy atom. The minimum absolute atomic E-state index is 0.157. The summed E-state index contributed by atoms with van der Waals surface area (Å²) in [7, 11) is 0. The second kappa shape index (κ2) is 7.06. The maximum atomic E-state index is 12.2. The monoisotopic (exact) mass is 365 g/mol. The van der Waals surface area contributed by atoms with Gasteiger partial charge in [0, 0.05) is 29.5 Å². The number of amides is 1. The Morgan fingerprint density at radius 1 is 1.19 bits per heavy atom. The fraction of sp³-hybridized carbons (Fsp3) is 0.100. The lowest BCUT2D eigenvalue weighted by Crippen LogP contribution is -2.22. The van der Waals surface area contributed by atoms with E-state index in [1.165, 1.54) is 6.20 Å². The van der Waals surface area contributed by atoms with Crippen LogP contribution in [0.15, 0.2) is 67.0 Å². The maximum Gasteiger partial charge on any atom is 0.257 e. The molecule has 1 amide bonds. The summed E-state index contributed by atoms with van der Waals surface area (Å²) < 4.78 is 5.92. The van der Waals surface area contributed by atoms with Gasteiger partial charge in [-0.1, -0.05) is 23.7 Å². The van der Waals surface area contributed by atoms with Crippen LogP contribution in [-0.2, 0) is 6.42 Å². The molecule has 1 aliphatic rings. The van der Waals surface area contributed by atoms with Crippen LogP contribution in [-0.4, -0.2) is 17.1 Å². The highest BCUT2D eigenvalue weighted by atomic mass is 35.5. The van der Waals surface area contributed by atoms with E-state index in [1.807, 2.05) is 42.5 Å².